The number of nitrogens with zero attached hydrogens (tertiary/aromatic N) is 2. The second-order valence-electron chi connectivity index (χ2n) is 5.64. The molecule has 0 heterocycles. The molecule has 0 unspecified atom stereocenters. The standard InChI is InChI=1S/C16H22N2/c1-13(2)12-18(15-5-3-4-6-15)16-9-7-14(11-17)8-10-16/h7-10,13,15H,3-6,12H2,1-2H3. The quantitative estimate of drug-likeness (QED) is 0.799. The van der Waals surface area contributed by atoms with E-state index in [2.05, 4.69) is 36.9 Å². The van der Waals surface area contributed by atoms with Crippen molar-refractivity contribution in [3.63, 3.8) is 0 Å². The molecule has 0 atom stereocenters. The summed E-state index contributed by atoms with van der Waals surface area (Å²) in [5, 5.41) is 8.86. The molecule has 1 aliphatic carbocycles. The van der Waals surface area contributed by atoms with Gasteiger partial charge < -0.3 is 4.90 Å². The van der Waals surface area contributed by atoms with Crippen molar-refractivity contribution >= 4 is 5.69 Å². The number of rotatable bonds is 4. The van der Waals surface area contributed by atoms with Gasteiger partial charge in [-0.2, -0.15) is 5.26 Å². The van der Waals surface area contributed by atoms with Gasteiger partial charge in [0.1, 0.15) is 0 Å². The average molecular weight is 242 g/mol. The third-order valence-electron chi connectivity index (χ3n) is 3.66. The van der Waals surface area contributed by atoms with Gasteiger partial charge in [-0.15, -0.1) is 0 Å². The molecule has 0 radical (unpaired) electrons. The molecule has 0 aliphatic heterocycles. The molecule has 96 valence electrons. The number of benzene rings is 1. The van der Waals surface area contributed by atoms with E-state index < -0.39 is 0 Å². The summed E-state index contributed by atoms with van der Waals surface area (Å²) in [6, 6.07) is 10.9. The molecule has 1 aliphatic rings. The number of nitriles is 1. The van der Waals surface area contributed by atoms with Crippen molar-refractivity contribution in [2.45, 2.75) is 45.6 Å². The summed E-state index contributed by atoms with van der Waals surface area (Å²) in [5.41, 5.74) is 2.02. The molecule has 2 rings (SSSR count). The number of hydrogen-bond acceptors (Lipinski definition) is 2. The van der Waals surface area contributed by atoms with Crippen LogP contribution in [0.1, 0.15) is 45.1 Å². The maximum Gasteiger partial charge on any atom is 0.0991 e. The predicted molar refractivity (Wildman–Crippen MR) is 75.6 cm³/mol. The Morgan fingerprint density at radius 1 is 1.22 bits per heavy atom. The highest BCUT2D eigenvalue weighted by Gasteiger charge is 2.23. The highest BCUT2D eigenvalue weighted by atomic mass is 15.2. The minimum Gasteiger partial charge on any atom is -0.368 e. The first-order chi connectivity index (χ1) is 8.70. The minimum absolute atomic E-state index is 0.668. The van der Waals surface area contributed by atoms with E-state index in [0.29, 0.717) is 12.0 Å². The topological polar surface area (TPSA) is 27.0 Å². The lowest BCUT2D eigenvalue weighted by Gasteiger charge is -2.32. The van der Waals surface area contributed by atoms with Gasteiger partial charge in [-0.3, -0.25) is 0 Å². The minimum atomic E-state index is 0.668. The van der Waals surface area contributed by atoms with E-state index in [9.17, 15) is 0 Å². The molecule has 18 heavy (non-hydrogen) atoms. The molecular weight excluding hydrogens is 220 g/mol. The normalized spacial score (nSPS) is 15.9. The summed E-state index contributed by atoms with van der Waals surface area (Å²) in [7, 11) is 0. The van der Waals surface area contributed by atoms with E-state index in [4.69, 9.17) is 5.26 Å². The lowest BCUT2D eigenvalue weighted by molar-refractivity contribution is 0.536. The molecule has 1 aromatic rings. The zero-order valence-corrected chi connectivity index (χ0v) is 11.4. The van der Waals surface area contributed by atoms with Gasteiger partial charge in [0.15, 0.2) is 0 Å². The van der Waals surface area contributed by atoms with Crippen LogP contribution in [0.2, 0.25) is 0 Å². The molecule has 1 fully saturated rings. The average Bonchev–Trinajstić information content (AvgIpc) is 2.89. The van der Waals surface area contributed by atoms with Crippen LogP contribution in [-0.2, 0) is 0 Å². The Kier molecular flexibility index (Phi) is 4.25. The molecule has 1 aromatic carbocycles. The van der Waals surface area contributed by atoms with Crippen molar-refractivity contribution in [1.82, 2.24) is 0 Å². The molecule has 0 saturated heterocycles. The monoisotopic (exact) mass is 242 g/mol. The van der Waals surface area contributed by atoms with Crippen LogP contribution in [0, 0.1) is 17.2 Å². The Hall–Kier alpha value is -1.49. The van der Waals surface area contributed by atoms with Gasteiger partial charge in [0.2, 0.25) is 0 Å². The van der Waals surface area contributed by atoms with Gasteiger partial charge in [0, 0.05) is 18.3 Å². The van der Waals surface area contributed by atoms with Crippen LogP contribution in [-0.4, -0.2) is 12.6 Å². The maximum absolute atomic E-state index is 8.86. The van der Waals surface area contributed by atoms with Crippen LogP contribution in [0.25, 0.3) is 0 Å². The smallest absolute Gasteiger partial charge is 0.0991 e. The predicted octanol–water partition coefficient (Wildman–Crippen LogP) is 3.96. The van der Waals surface area contributed by atoms with Crippen molar-refractivity contribution < 1.29 is 0 Å². The van der Waals surface area contributed by atoms with E-state index in [1.165, 1.54) is 31.4 Å². The van der Waals surface area contributed by atoms with Crippen LogP contribution in [0.3, 0.4) is 0 Å². The highest BCUT2D eigenvalue weighted by Crippen LogP contribution is 2.29. The van der Waals surface area contributed by atoms with Crippen molar-refractivity contribution in [1.29, 1.82) is 5.26 Å². The van der Waals surface area contributed by atoms with Crippen molar-refractivity contribution in [3.05, 3.63) is 29.8 Å². The maximum atomic E-state index is 8.86. The summed E-state index contributed by atoms with van der Waals surface area (Å²) >= 11 is 0. The Morgan fingerprint density at radius 3 is 2.33 bits per heavy atom. The first kappa shape index (κ1) is 13.0. The van der Waals surface area contributed by atoms with Gasteiger partial charge in [0.05, 0.1) is 11.6 Å². The zero-order chi connectivity index (χ0) is 13.0. The lowest BCUT2D eigenvalue weighted by atomic mass is 10.1. The molecule has 0 bridgehead atoms. The van der Waals surface area contributed by atoms with Crippen molar-refractivity contribution in [3.8, 4) is 6.07 Å². The molecule has 2 heteroatoms. The van der Waals surface area contributed by atoms with Crippen molar-refractivity contribution in [2.24, 2.45) is 5.92 Å². The van der Waals surface area contributed by atoms with E-state index in [0.717, 1.165) is 12.1 Å². The fraction of sp³-hybridized carbons (Fsp3) is 0.562. The summed E-state index contributed by atoms with van der Waals surface area (Å²) in [6.45, 7) is 5.65. The summed E-state index contributed by atoms with van der Waals surface area (Å²) in [5.74, 6) is 0.668. The number of anilines is 1. The van der Waals surface area contributed by atoms with Crippen LogP contribution in [0.4, 0.5) is 5.69 Å². The second-order valence-corrected chi connectivity index (χ2v) is 5.64. The van der Waals surface area contributed by atoms with Crippen LogP contribution >= 0.6 is 0 Å². The Labute approximate surface area is 110 Å². The third kappa shape index (κ3) is 3.04. The fourth-order valence-electron chi connectivity index (χ4n) is 2.80. The first-order valence-electron chi connectivity index (χ1n) is 6.97. The lowest BCUT2D eigenvalue weighted by Crippen LogP contribution is -2.36. The van der Waals surface area contributed by atoms with Gasteiger partial charge in [0.25, 0.3) is 0 Å². The molecule has 0 spiro atoms. The van der Waals surface area contributed by atoms with Crippen LogP contribution in [0.15, 0.2) is 24.3 Å². The van der Waals surface area contributed by atoms with Gasteiger partial charge in [-0.25, -0.2) is 0 Å². The summed E-state index contributed by atoms with van der Waals surface area (Å²) in [4.78, 5) is 2.54. The van der Waals surface area contributed by atoms with Crippen LogP contribution in [0.5, 0.6) is 0 Å². The Morgan fingerprint density at radius 2 is 1.83 bits per heavy atom. The molecule has 1 saturated carbocycles. The number of hydrogen-bond donors (Lipinski definition) is 0. The van der Waals surface area contributed by atoms with Gasteiger partial charge in [-0.1, -0.05) is 26.7 Å². The van der Waals surface area contributed by atoms with Crippen molar-refractivity contribution in [2.75, 3.05) is 11.4 Å². The SMILES string of the molecule is CC(C)CN(c1ccc(C#N)cc1)C1CCCC1. The van der Waals surface area contributed by atoms with Gasteiger partial charge in [-0.05, 0) is 43.0 Å². The Balaban J connectivity index is 2.18. The van der Waals surface area contributed by atoms with Crippen LogP contribution < -0.4 is 4.90 Å². The zero-order valence-electron chi connectivity index (χ0n) is 11.4. The molecule has 0 aromatic heterocycles. The summed E-state index contributed by atoms with van der Waals surface area (Å²) < 4.78 is 0. The summed E-state index contributed by atoms with van der Waals surface area (Å²) in [6.07, 6.45) is 5.34. The van der Waals surface area contributed by atoms with Gasteiger partial charge >= 0.3 is 0 Å². The third-order valence-corrected chi connectivity index (χ3v) is 3.66. The van der Waals surface area contributed by atoms with E-state index in [1.807, 2.05) is 12.1 Å². The van der Waals surface area contributed by atoms with E-state index in [-0.39, 0.29) is 0 Å². The molecule has 0 N–H and O–H groups in total. The van der Waals surface area contributed by atoms with E-state index in [1.54, 1.807) is 0 Å². The first-order valence-corrected chi connectivity index (χ1v) is 6.97. The second kappa shape index (κ2) is 5.91. The fourth-order valence-corrected chi connectivity index (χ4v) is 2.80. The Bertz CT molecular complexity index is 408. The largest absolute Gasteiger partial charge is 0.368 e. The molecule has 2 nitrogen and oxygen atoms in total. The highest BCUT2D eigenvalue weighted by molar-refractivity contribution is 5.50. The molecular formula is C16H22N2. The molecule has 0 amide bonds. The van der Waals surface area contributed by atoms with E-state index >= 15 is 0 Å².